The van der Waals surface area contributed by atoms with Gasteiger partial charge in [-0.05, 0) is 25.8 Å². The molecule has 12 heavy (non-hydrogen) atoms. The third-order valence-electron chi connectivity index (χ3n) is 1.58. The smallest absolute Gasteiger partial charge is 0.0296 e. The molecular weight excluding hydrogens is 146 g/mol. The molecule has 0 aromatic rings. The molecule has 0 aromatic carbocycles. The Balaban J connectivity index is 0. The molecule has 1 nitrogen and oxygen atoms in total. The van der Waals surface area contributed by atoms with E-state index >= 15 is 0 Å². The first-order valence-electron chi connectivity index (χ1n) is 4.52. The minimum absolute atomic E-state index is 1.09. The fourth-order valence-corrected chi connectivity index (χ4v) is 0.554. The quantitative estimate of drug-likeness (QED) is 0.564. The number of hydrogen-bond acceptors (Lipinski definition) is 1. The zero-order valence-corrected chi connectivity index (χ0v) is 9.02. The number of nitrogens with zero attached hydrogens (tertiary/aromatic N) is 1. The van der Waals surface area contributed by atoms with Crippen molar-refractivity contribution in [3.05, 3.63) is 23.9 Å². The second kappa shape index (κ2) is 10.2. The maximum absolute atomic E-state index is 3.92. The monoisotopic (exact) mass is 167 g/mol. The normalized spacial score (nSPS) is 11.8. The Morgan fingerprint density at radius 2 is 1.83 bits per heavy atom. The van der Waals surface area contributed by atoms with Crippen molar-refractivity contribution in [1.82, 2.24) is 0 Å². The van der Waals surface area contributed by atoms with E-state index in [1.807, 2.05) is 20.1 Å². The van der Waals surface area contributed by atoms with Crippen LogP contribution in [0, 0.1) is 0 Å². The lowest BCUT2D eigenvalue weighted by Gasteiger charge is -1.96. The fourth-order valence-electron chi connectivity index (χ4n) is 0.554. The lowest BCUT2D eigenvalue weighted by Crippen LogP contribution is -1.82. The van der Waals surface area contributed by atoms with Crippen molar-refractivity contribution in [1.29, 1.82) is 0 Å². The third-order valence-corrected chi connectivity index (χ3v) is 1.58. The number of allylic oxidation sites excluding steroid dienone is 2. The van der Waals surface area contributed by atoms with Gasteiger partial charge in [-0.25, -0.2) is 0 Å². The SMILES string of the molecule is C=CN=C/C(C)=C(\C)CC.CC. The number of aliphatic imine (C=N–C) groups is 1. The second-order valence-electron chi connectivity index (χ2n) is 2.28. The highest BCUT2D eigenvalue weighted by Crippen LogP contribution is 2.04. The van der Waals surface area contributed by atoms with Crippen molar-refractivity contribution in [2.75, 3.05) is 0 Å². The fraction of sp³-hybridized carbons (Fsp3) is 0.545. The average molecular weight is 167 g/mol. The summed E-state index contributed by atoms with van der Waals surface area (Å²) in [6.07, 6.45) is 4.48. The first kappa shape index (κ1) is 13.7. The van der Waals surface area contributed by atoms with Gasteiger partial charge in [0.1, 0.15) is 0 Å². The molecular formula is C11H21N. The molecule has 0 aromatic heterocycles. The molecule has 0 radical (unpaired) electrons. The topological polar surface area (TPSA) is 12.4 Å². The largest absolute Gasteiger partial charge is 0.265 e. The van der Waals surface area contributed by atoms with E-state index in [0.717, 1.165) is 6.42 Å². The van der Waals surface area contributed by atoms with Crippen molar-refractivity contribution >= 4 is 6.21 Å². The number of rotatable bonds is 3. The Hall–Kier alpha value is -0.850. The first-order chi connectivity index (χ1) is 5.72. The van der Waals surface area contributed by atoms with Crippen LogP contribution >= 0.6 is 0 Å². The summed E-state index contributed by atoms with van der Waals surface area (Å²) in [7, 11) is 0. The van der Waals surface area contributed by atoms with E-state index in [-0.39, 0.29) is 0 Å². The van der Waals surface area contributed by atoms with Gasteiger partial charge < -0.3 is 0 Å². The predicted octanol–water partition coefficient (Wildman–Crippen LogP) is 3.97. The van der Waals surface area contributed by atoms with E-state index in [2.05, 4.69) is 32.3 Å². The van der Waals surface area contributed by atoms with Crippen LogP contribution in [0.4, 0.5) is 0 Å². The van der Waals surface area contributed by atoms with E-state index < -0.39 is 0 Å². The van der Waals surface area contributed by atoms with Gasteiger partial charge in [0.2, 0.25) is 0 Å². The Bertz CT molecular complexity index is 164. The summed E-state index contributed by atoms with van der Waals surface area (Å²) in [6.45, 7) is 13.8. The van der Waals surface area contributed by atoms with Crippen LogP contribution in [0.25, 0.3) is 0 Å². The van der Waals surface area contributed by atoms with Crippen molar-refractivity contribution < 1.29 is 0 Å². The van der Waals surface area contributed by atoms with Gasteiger partial charge in [-0.3, -0.25) is 4.99 Å². The summed E-state index contributed by atoms with van der Waals surface area (Å²) in [4.78, 5) is 3.92. The summed E-state index contributed by atoms with van der Waals surface area (Å²) < 4.78 is 0. The van der Waals surface area contributed by atoms with Gasteiger partial charge in [-0.15, -0.1) is 0 Å². The molecule has 1 heteroatoms. The van der Waals surface area contributed by atoms with Crippen molar-refractivity contribution in [3.8, 4) is 0 Å². The third kappa shape index (κ3) is 7.26. The number of hydrogen-bond donors (Lipinski definition) is 0. The minimum atomic E-state index is 1.09. The molecule has 0 spiro atoms. The average Bonchev–Trinajstić information content (AvgIpc) is 2.16. The zero-order valence-electron chi connectivity index (χ0n) is 9.02. The Labute approximate surface area is 76.9 Å². The van der Waals surface area contributed by atoms with Crippen LogP contribution in [0.1, 0.15) is 41.0 Å². The van der Waals surface area contributed by atoms with Crippen LogP contribution < -0.4 is 0 Å². The highest BCUT2D eigenvalue weighted by Gasteiger charge is 1.88. The molecule has 0 amide bonds. The molecule has 0 aliphatic carbocycles. The van der Waals surface area contributed by atoms with Gasteiger partial charge in [-0.1, -0.05) is 32.9 Å². The Morgan fingerprint density at radius 3 is 2.17 bits per heavy atom. The Morgan fingerprint density at radius 1 is 1.33 bits per heavy atom. The molecule has 0 bridgehead atoms. The summed E-state index contributed by atoms with van der Waals surface area (Å²) in [5, 5.41) is 0. The van der Waals surface area contributed by atoms with Crippen molar-refractivity contribution in [3.63, 3.8) is 0 Å². The van der Waals surface area contributed by atoms with Gasteiger partial charge >= 0.3 is 0 Å². The molecule has 0 aliphatic heterocycles. The highest BCUT2D eigenvalue weighted by atomic mass is 14.7. The lowest BCUT2D eigenvalue weighted by atomic mass is 10.1. The molecule has 0 fully saturated rings. The van der Waals surface area contributed by atoms with E-state index in [1.165, 1.54) is 11.1 Å². The van der Waals surface area contributed by atoms with Gasteiger partial charge in [0.15, 0.2) is 0 Å². The molecule has 0 saturated heterocycles. The molecule has 0 heterocycles. The minimum Gasteiger partial charge on any atom is -0.265 e. The van der Waals surface area contributed by atoms with Gasteiger partial charge in [0.05, 0.1) is 0 Å². The van der Waals surface area contributed by atoms with Crippen molar-refractivity contribution in [2.45, 2.75) is 41.0 Å². The summed E-state index contributed by atoms with van der Waals surface area (Å²) in [6, 6.07) is 0. The second-order valence-corrected chi connectivity index (χ2v) is 2.28. The van der Waals surface area contributed by atoms with E-state index in [9.17, 15) is 0 Å². The van der Waals surface area contributed by atoms with E-state index in [1.54, 1.807) is 6.20 Å². The van der Waals surface area contributed by atoms with Crippen LogP contribution in [0.5, 0.6) is 0 Å². The summed E-state index contributed by atoms with van der Waals surface area (Å²) >= 11 is 0. The highest BCUT2D eigenvalue weighted by molar-refractivity contribution is 5.79. The molecule has 0 saturated carbocycles. The maximum Gasteiger partial charge on any atom is 0.0296 e. The van der Waals surface area contributed by atoms with Gasteiger partial charge in [0, 0.05) is 12.4 Å². The van der Waals surface area contributed by atoms with E-state index in [0.29, 0.717) is 0 Å². The molecule has 0 N–H and O–H groups in total. The van der Waals surface area contributed by atoms with Crippen LogP contribution in [0.15, 0.2) is 28.9 Å². The maximum atomic E-state index is 3.92. The zero-order chi connectivity index (χ0) is 9.98. The summed E-state index contributed by atoms with van der Waals surface area (Å²) in [5.74, 6) is 0. The molecule has 0 unspecified atom stereocenters. The van der Waals surface area contributed by atoms with Gasteiger partial charge in [0.25, 0.3) is 0 Å². The Kier molecular flexibility index (Phi) is 11.6. The molecule has 70 valence electrons. The van der Waals surface area contributed by atoms with Crippen LogP contribution in [-0.2, 0) is 0 Å². The van der Waals surface area contributed by atoms with Crippen LogP contribution in [0.2, 0.25) is 0 Å². The summed E-state index contributed by atoms with van der Waals surface area (Å²) in [5.41, 5.74) is 2.62. The molecule has 0 aliphatic rings. The van der Waals surface area contributed by atoms with Crippen molar-refractivity contribution in [2.24, 2.45) is 4.99 Å². The standard InChI is InChI=1S/C9H15N.C2H6/c1-5-8(3)9(4)7-10-6-2;1-2/h6-7H,2,5H2,1,3-4H3;1-2H3/b9-8+,10-7?;. The predicted molar refractivity (Wildman–Crippen MR) is 58.7 cm³/mol. The molecule has 0 rings (SSSR count). The molecule has 0 atom stereocenters. The van der Waals surface area contributed by atoms with E-state index in [4.69, 9.17) is 0 Å². The van der Waals surface area contributed by atoms with Crippen LogP contribution in [0.3, 0.4) is 0 Å². The van der Waals surface area contributed by atoms with Gasteiger partial charge in [-0.2, -0.15) is 0 Å². The van der Waals surface area contributed by atoms with Crippen LogP contribution in [-0.4, -0.2) is 6.21 Å². The first-order valence-corrected chi connectivity index (χ1v) is 4.52. The lowest BCUT2D eigenvalue weighted by molar-refractivity contribution is 1.08.